The summed E-state index contributed by atoms with van der Waals surface area (Å²) < 4.78 is 0. The van der Waals surface area contributed by atoms with Gasteiger partial charge in [0.2, 0.25) is 0 Å². The van der Waals surface area contributed by atoms with Gasteiger partial charge < -0.3 is 10.8 Å². The molecule has 0 aliphatic rings. The summed E-state index contributed by atoms with van der Waals surface area (Å²) in [6, 6.07) is 5.40. The Morgan fingerprint density at radius 2 is 1.31 bits per heavy atom. The molecule has 0 unspecified atom stereocenters. The van der Waals surface area contributed by atoms with Gasteiger partial charge in [-0.3, -0.25) is 0 Å². The highest BCUT2D eigenvalue weighted by molar-refractivity contribution is 5.53. The fourth-order valence-corrected chi connectivity index (χ4v) is 3.41. The molecular weight excluding hydrogens is 318 g/mol. The summed E-state index contributed by atoms with van der Waals surface area (Å²) in [5.74, 6) is 0.345. The zero-order valence-corrected chi connectivity index (χ0v) is 17.0. The number of hydrogen-bond acceptors (Lipinski definition) is 2. The standard InChI is InChI=1S/C24H41NO/c1-2-3-4-5-6-7-8-9-10-11-12-13-14-15-16-17-19-22-23(25)20-18-21-24(22)26/h9-10,18,20-21,26H,2-8,11-17,19,25H2,1H3/b10-9-. The van der Waals surface area contributed by atoms with Gasteiger partial charge in [-0.15, -0.1) is 0 Å². The average Bonchev–Trinajstić information content (AvgIpc) is 2.63. The first-order chi connectivity index (χ1) is 12.8. The number of anilines is 1. The first-order valence-electron chi connectivity index (χ1n) is 11.0. The summed E-state index contributed by atoms with van der Waals surface area (Å²) in [5, 5.41) is 9.83. The number of unbranched alkanes of at least 4 members (excludes halogenated alkanes) is 12. The first-order valence-corrected chi connectivity index (χ1v) is 11.0. The SMILES string of the molecule is CCCCCCCC/C=C\CCCCCCCCc1c(N)cccc1O. The van der Waals surface area contributed by atoms with Crippen LogP contribution >= 0.6 is 0 Å². The second-order valence-corrected chi connectivity index (χ2v) is 7.53. The number of nitrogen functional groups attached to an aromatic ring is 1. The van der Waals surface area contributed by atoms with E-state index < -0.39 is 0 Å². The van der Waals surface area contributed by atoms with Gasteiger partial charge in [0, 0.05) is 11.3 Å². The van der Waals surface area contributed by atoms with Crippen molar-refractivity contribution >= 4 is 5.69 Å². The van der Waals surface area contributed by atoms with Gasteiger partial charge in [-0.2, -0.15) is 0 Å². The van der Waals surface area contributed by atoms with Crippen LogP contribution in [0.4, 0.5) is 5.69 Å². The third-order valence-corrected chi connectivity index (χ3v) is 5.13. The Morgan fingerprint density at radius 3 is 1.88 bits per heavy atom. The fraction of sp³-hybridized carbons (Fsp3) is 0.667. The molecule has 0 atom stereocenters. The van der Waals surface area contributed by atoms with Gasteiger partial charge in [-0.25, -0.2) is 0 Å². The molecule has 0 radical (unpaired) electrons. The topological polar surface area (TPSA) is 46.2 Å². The first kappa shape index (κ1) is 22.6. The summed E-state index contributed by atoms with van der Waals surface area (Å²) in [5.41, 5.74) is 7.56. The maximum absolute atomic E-state index is 9.83. The highest BCUT2D eigenvalue weighted by atomic mass is 16.3. The largest absolute Gasteiger partial charge is 0.508 e. The molecule has 2 heteroatoms. The molecule has 0 heterocycles. The van der Waals surface area contributed by atoms with Crippen LogP contribution in [0.25, 0.3) is 0 Å². The lowest BCUT2D eigenvalue weighted by Crippen LogP contribution is -1.95. The molecule has 26 heavy (non-hydrogen) atoms. The molecule has 0 amide bonds. The van der Waals surface area contributed by atoms with Crippen LogP contribution in [0.5, 0.6) is 5.75 Å². The predicted octanol–water partition coefficient (Wildman–Crippen LogP) is 7.55. The van der Waals surface area contributed by atoms with Crippen LogP contribution in [0.15, 0.2) is 30.4 Å². The molecular formula is C24H41NO. The Kier molecular flexibility index (Phi) is 13.7. The van der Waals surface area contributed by atoms with E-state index in [0.29, 0.717) is 5.75 Å². The molecule has 0 bridgehead atoms. The third-order valence-electron chi connectivity index (χ3n) is 5.13. The number of benzene rings is 1. The zero-order chi connectivity index (χ0) is 18.9. The van der Waals surface area contributed by atoms with Crippen molar-refractivity contribution in [2.45, 2.75) is 103 Å². The third kappa shape index (κ3) is 11.2. The second-order valence-electron chi connectivity index (χ2n) is 7.53. The van der Waals surface area contributed by atoms with E-state index >= 15 is 0 Å². The Balaban J connectivity index is 1.87. The fourth-order valence-electron chi connectivity index (χ4n) is 3.41. The van der Waals surface area contributed by atoms with E-state index in [1.165, 1.54) is 83.5 Å². The van der Waals surface area contributed by atoms with E-state index in [9.17, 15) is 5.11 Å². The molecule has 0 saturated heterocycles. The van der Waals surface area contributed by atoms with Crippen molar-refractivity contribution in [1.82, 2.24) is 0 Å². The Labute approximate surface area is 161 Å². The lowest BCUT2D eigenvalue weighted by molar-refractivity contribution is 0.466. The van der Waals surface area contributed by atoms with Gasteiger partial charge in [0.15, 0.2) is 0 Å². The molecule has 3 N–H and O–H groups in total. The Bertz CT molecular complexity index is 461. The summed E-state index contributed by atoms with van der Waals surface area (Å²) >= 11 is 0. The van der Waals surface area contributed by atoms with E-state index in [1.807, 2.05) is 6.07 Å². The molecule has 1 aromatic carbocycles. The number of hydrogen-bond donors (Lipinski definition) is 2. The molecule has 0 saturated carbocycles. The van der Waals surface area contributed by atoms with Crippen LogP contribution in [-0.2, 0) is 6.42 Å². The summed E-state index contributed by atoms with van der Waals surface area (Å²) in [6.45, 7) is 2.27. The molecule has 1 rings (SSSR count). The number of allylic oxidation sites excluding steroid dienone is 2. The molecule has 0 aliphatic heterocycles. The minimum atomic E-state index is 0.345. The van der Waals surface area contributed by atoms with Crippen molar-refractivity contribution in [1.29, 1.82) is 0 Å². The van der Waals surface area contributed by atoms with Crippen molar-refractivity contribution in [3.05, 3.63) is 35.9 Å². The molecule has 0 aliphatic carbocycles. The van der Waals surface area contributed by atoms with Crippen molar-refractivity contribution in [2.24, 2.45) is 0 Å². The second kappa shape index (κ2) is 15.8. The van der Waals surface area contributed by atoms with Gasteiger partial charge >= 0.3 is 0 Å². The molecule has 2 nitrogen and oxygen atoms in total. The quantitative estimate of drug-likeness (QED) is 0.182. The van der Waals surface area contributed by atoms with Gasteiger partial charge in [-0.05, 0) is 50.7 Å². The summed E-state index contributed by atoms with van der Waals surface area (Å²) in [4.78, 5) is 0. The Hall–Kier alpha value is -1.44. The van der Waals surface area contributed by atoms with Crippen LogP contribution in [0.1, 0.15) is 102 Å². The smallest absolute Gasteiger partial charge is 0.120 e. The van der Waals surface area contributed by atoms with E-state index in [0.717, 1.165) is 24.1 Å². The lowest BCUT2D eigenvalue weighted by Gasteiger charge is -2.07. The average molecular weight is 360 g/mol. The van der Waals surface area contributed by atoms with Gasteiger partial charge in [0.1, 0.15) is 5.75 Å². The molecule has 0 fully saturated rings. The number of phenols is 1. The maximum Gasteiger partial charge on any atom is 0.120 e. The predicted molar refractivity (Wildman–Crippen MR) is 116 cm³/mol. The molecule has 148 valence electrons. The molecule has 0 spiro atoms. The Morgan fingerprint density at radius 1 is 0.769 bits per heavy atom. The highest BCUT2D eigenvalue weighted by Gasteiger charge is 2.04. The minimum Gasteiger partial charge on any atom is -0.508 e. The summed E-state index contributed by atoms with van der Waals surface area (Å²) in [6.07, 6.45) is 24.1. The minimum absolute atomic E-state index is 0.345. The van der Waals surface area contributed by atoms with Crippen molar-refractivity contribution in [3.63, 3.8) is 0 Å². The zero-order valence-electron chi connectivity index (χ0n) is 17.0. The van der Waals surface area contributed by atoms with Crippen LogP contribution in [0.3, 0.4) is 0 Å². The van der Waals surface area contributed by atoms with Gasteiger partial charge in [-0.1, -0.05) is 82.9 Å². The van der Waals surface area contributed by atoms with Crippen LogP contribution in [0.2, 0.25) is 0 Å². The number of nitrogens with two attached hydrogens (primary N) is 1. The normalized spacial score (nSPS) is 11.4. The van der Waals surface area contributed by atoms with Crippen LogP contribution < -0.4 is 5.73 Å². The number of rotatable bonds is 16. The maximum atomic E-state index is 9.83. The number of phenolic OH excluding ortho intramolecular Hbond substituents is 1. The molecule has 1 aromatic rings. The van der Waals surface area contributed by atoms with E-state index in [1.54, 1.807) is 12.1 Å². The van der Waals surface area contributed by atoms with Crippen molar-refractivity contribution in [3.8, 4) is 5.75 Å². The molecule has 0 aromatic heterocycles. The van der Waals surface area contributed by atoms with Gasteiger partial charge in [0.25, 0.3) is 0 Å². The van der Waals surface area contributed by atoms with Crippen molar-refractivity contribution in [2.75, 3.05) is 5.73 Å². The van der Waals surface area contributed by atoms with E-state index in [2.05, 4.69) is 19.1 Å². The van der Waals surface area contributed by atoms with Crippen LogP contribution in [0, 0.1) is 0 Å². The number of aromatic hydroxyl groups is 1. The van der Waals surface area contributed by atoms with Crippen molar-refractivity contribution < 1.29 is 5.11 Å². The van der Waals surface area contributed by atoms with Gasteiger partial charge in [0.05, 0.1) is 0 Å². The van der Waals surface area contributed by atoms with E-state index in [4.69, 9.17) is 5.73 Å². The summed E-state index contributed by atoms with van der Waals surface area (Å²) in [7, 11) is 0. The highest BCUT2D eigenvalue weighted by Crippen LogP contribution is 2.25. The van der Waals surface area contributed by atoms with E-state index in [-0.39, 0.29) is 0 Å². The van der Waals surface area contributed by atoms with Crippen LogP contribution in [-0.4, -0.2) is 5.11 Å². The monoisotopic (exact) mass is 359 g/mol. The lowest BCUT2D eigenvalue weighted by atomic mass is 10.0.